The second-order valence-electron chi connectivity index (χ2n) is 11.6. The van der Waals surface area contributed by atoms with Gasteiger partial charge in [-0.1, -0.05) is 120 Å². The van der Waals surface area contributed by atoms with Gasteiger partial charge in [0.15, 0.2) is 0 Å². The molecule has 2 saturated carbocycles. The maximum Gasteiger partial charge on any atom is 0.416 e. The minimum Gasteiger partial charge on any atom is -0.481 e. The SMILES string of the molecule is O=C(CCCCC1CCCCC1)N1C(=O)OC[C@@H]1Cc1ccccc1.O=C(O)CCCCC1CCCCC1. The minimum absolute atomic E-state index is 0.0768. The molecule has 212 valence electrons. The van der Waals surface area contributed by atoms with E-state index < -0.39 is 12.1 Å². The molecule has 1 aromatic carbocycles. The van der Waals surface area contributed by atoms with Crippen molar-refractivity contribution in [3.05, 3.63) is 35.9 Å². The van der Waals surface area contributed by atoms with Gasteiger partial charge in [-0.3, -0.25) is 9.59 Å². The zero-order chi connectivity index (χ0) is 27.0. The first kappa shape index (κ1) is 30.2. The Labute approximate surface area is 229 Å². The molecule has 0 aromatic heterocycles. The molecule has 6 heteroatoms. The molecule has 1 saturated heterocycles. The first-order valence-electron chi connectivity index (χ1n) is 15.3. The van der Waals surface area contributed by atoms with E-state index in [1.54, 1.807) is 0 Å². The smallest absolute Gasteiger partial charge is 0.416 e. The van der Waals surface area contributed by atoms with Gasteiger partial charge < -0.3 is 9.84 Å². The molecule has 0 spiro atoms. The summed E-state index contributed by atoms with van der Waals surface area (Å²) >= 11 is 0. The van der Waals surface area contributed by atoms with Crippen molar-refractivity contribution in [2.45, 2.75) is 128 Å². The minimum atomic E-state index is -0.649. The summed E-state index contributed by atoms with van der Waals surface area (Å²) in [5.41, 5.74) is 1.13. The van der Waals surface area contributed by atoms with E-state index in [9.17, 15) is 14.4 Å². The van der Waals surface area contributed by atoms with Crippen LogP contribution in [0.1, 0.15) is 121 Å². The molecule has 38 heavy (non-hydrogen) atoms. The Bertz CT molecular complexity index is 830. The number of hydrogen-bond acceptors (Lipinski definition) is 4. The van der Waals surface area contributed by atoms with Crippen LogP contribution in [0.15, 0.2) is 30.3 Å². The summed E-state index contributed by atoms with van der Waals surface area (Å²) < 4.78 is 5.14. The van der Waals surface area contributed by atoms with Crippen molar-refractivity contribution in [1.29, 1.82) is 0 Å². The summed E-state index contributed by atoms with van der Waals surface area (Å²) in [6.07, 6.45) is 21.2. The number of carboxylic acid groups (broad SMARTS) is 1. The van der Waals surface area contributed by atoms with Gasteiger partial charge in [-0.15, -0.1) is 0 Å². The van der Waals surface area contributed by atoms with Gasteiger partial charge in [-0.05, 0) is 36.7 Å². The fourth-order valence-corrected chi connectivity index (χ4v) is 6.29. The molecule has 1 heterocycles. The maximum atomic E-state index is 12.5. The molecule has 0 radical (unpaired) electrons. The molecule has 2 amide bonds. The fourth-order valence-electron chi connectivity index (χ4n) is 6.29. The van der Waals surface area contributed by atoms with E-state index >= 15 is 0 Å². The number of carbonyl (C=O) groups is 3. The molecule has 0 unspecified atom stereocenters. The van der Waals surface area contributed by atoms with E-state index in [1.165, 1.54) is 81.9 Å². The number of rotatable bonds is 12. The van der Waals surface area contributed by atoms with E-state index in [0.29, 0.717) is 25.9 Å². The molecule has 3 aliphatic rings. The van der Waals surface area contributed by atoms with Gasteiger partial charge in [0.1, 0.15) is 6.61 Å². The van der Waals surface area contributed by atoms with Gasteiger partial charge in [0.2, 0.25) is 5.91 Å². The lowest BCUT2D eigenvalue weighted by Gasteiger charge is -2.22. The van der Waals surface area contributed by atoms with Crippen molar-refractivity contribution in [3.63, 3.8) is 0 Å². The van der Waals surface area contributed by atoms with Gasteiger partial charge in [0, 0.05) is 12.8 Å². The quantitative estimate of drug-likeness (QED) is 0.279. The van der Waals surface area contributed by atoms with Gasteiger partial charge in [0.05, 0.1) is 6.04 Å². The number of carbonyl (C=O) groups excluding carboxylic acids is 2. The number of aliphatic carboxylic acids is 1. The van der Waals surface area contributed by atoms with E-state index in [2.05, 4.69) is 0 Å². The molecule has 2 aliphatic carbocycles. The number of carboxylic acids is 1. The molecule has 1 atom stereocenters. The summed E-state index contributed by atoms with van der Waals surface area (Å²) in [5.74, 6) is 1.03. The van der Waals surface area contributed by atoms with E-state index in [1.807, 2.05) is 30.3 Å². The van der Waals surface area contributed by atoms with Crippen molar-refractivity contribution < 1.29 is 24.2 Å². The van der Waals surface area contributed by atoms with Gasteiger partial charge in [0.25, 0.3) is 0 Å². The summed E-state index contributed by atoms with van der Waals surface area (Å²) in [5, 5.41) is 8.45. The van der Waals surface area contributed by atoms with Crippen LogP contribution in [-0.4, -0.2) is 40.6 Å². The number of hydrogen-bond donors (Lipinski definition) is 1. The van der Waals surface area contributed by atoms with Crippen molar-refractivity contribution in [2.75, 3.05) is 6.61 Å². The highest BCUT2D eigenvalue weighted by atomic mass is 16.6. The van der Waals surface area contributed by atoms with Gasteiger partial charge in [-0.2, -0.15) is 0 Å². The molecule has 1 aromatic rings. The second kappa shape index (κ2) is 17.3. The Balaban J connectivity index is 0.000000260. The fraction of sp³-hybridized carbons (Fsp3) is 0.719. The Morgan fingerprint density at radius 2 is 1.34 bits per heavy atom. The molecule has 6 nitrogen and oxygen atoms in total. The van der Waals surface area contributed by atoms with Crippen LogP contribution < -0.4 is 0 Å². The van der Waals surface area contributed by atoms with Crippen molar-refractivity contribution in [1.82, 2.24) is 4.90 Å². The van der Waals surface area contributed by atoms with Gasteiger partial charge in [-0.25, -0.2) is 9.69 Å². The Morgan fingerprint density at radius 1 is 0.789 bits per heavy atom. The summed E-state index contributed by atoms with van der Waals surface area (Å²) in [7, 11) is 0. The molecular weight excluding hydrogens is 478 g/mol. The van der Waals surface area contributed by atoms with Crippen LogP contribution in [0.3, 0.4) is 0 Å². The van der Waals surface area contributed by atoms with Crippen LogP contribution >= 0.6 is 0 Å². The molecule has 0 bridgehead atoms. The third kappa shape index (κ3) is 11.2. The van der Waals surface area contributed by atoms with Crippen molar-refractivity contribution >= 4 is 18.0 Å². The molecular formula is C32H49NO5. The van der Waals surface area contributed by atoms with Crippen LogP contribution in [-0.2, 0) is 20.7 Å². The lowest BCUT2D eigenvalue weighted by molar-refractivity contribution is -0.137. The monoisotopic (exact) mass is 527 g/mol. The molecule has 3 fully saturated rings. The predicted molar refractivity (Wildman–Crippen MR) is 150 cm³/mol. The van der Waals surface area contributed by atoms with Crippen LogP contribution in [0.4, 0.5) is 4.79 Å². The number of imide groups is 1. The van der Waals surface area contributed by atoms with E-state index in [4.69, 9.17) is 9.84 Å². The lowest BCUT2D eigenvalue weighted by Crippen LogP contribution is -2.40. The van der Waals surface area contributed by atoms with Gasteiger partial charge >= 0.3 is 12.1 Å². The maximum absolute atomic E-state index is 12.5. The number of cyclic esters (lactones) is 1. The number of benzene rings is 1. The van der Waals surface area contributed by atoms with Crippen molar-refractivity contribution in [3.8, 4) is 0 Å². The Hall–Kier alpha value is -2.37. The van der Waals surface area contributed by atoms with Crippen LogP contribution in [0.25, 0.3) is 0 Å². The average molecular weight is 528 g/mol. The van der Waals surface area contributed by atoms with Crippen LogP contribution in [0.2, 0.25) is 0 Å². The third-order valence-corrected chi connectivity index (χ3v) is 8.50. The highest BCUT2D eigenvalue weighted by molar-refractivity contribution is 5.93. The summed E-state index contributed by atoms with van der Waals surface area (Å²) in [6.45, 7) is 0.307. The zero-order valence-electron chi connectivity index (χ0n) is 23.3. The van der Waals surface area contributed by atoms with Crippen LogP contribution in [0, 0.1) is 11.8 Å². The first-order chi connectivity index (χ1) is 18.5. The van der Waals surface area contributed by atoms with Crippen LogP contribution in [0.5, 0.6) is 0 Å². The average Bonchev–Trinajstić information content (AvgIpc) is 3.30. The van der Waals surface area contributed by atoms with E-state index in [0.717, 1.165) is 43.1 Å². The lowest BCUT2D eigenvalue weighted by atomic mass is 9.85. The Morgan fingerprint density at radius 3 is 1.89 bits per heavy atom. The van der Waals surface area contributed by atoms with E-state index in [-0.39, 0.29) is 11.9 Å². The summed E-state index contributed by atoms with van der Waals surface area (Å²) in [6, 6.07) is 9.80. The molecule has 4 rings (SSSR count). The number of unbranched alkanes of at least 4 members (excludes halogenated alkanes) is 2. The highest BCUT2D eigenvalue weighted by Crippen LogP contribution is 2.29. The summed E-state index contributed by atoms with van der Waals surface area (Å²) in [4.78, 5) is 36.1. The topological polar surface area (TPSA) is 83.9 Å². The highest BCUT2D eigenvalue weighted by Gasteiger charge is 2.37. The number of nitrogens with zero attached hydrogens (tertiary/aromatic N) is 1. The normalized spacial score (nSPS) is 20.5. The molecule has 1 N–H and O–H groups in total. The predicted octanol–water partition coefficient (Wildman–Crippen LogP) is 7.93. The first-order valence-corrected chi connectivity index (χ1v) is 15.3. The van der Waals surface area contributed by atoms with Crippen molar-refractivity contribution in [2.24, 2.45) is 11.8 Å². The standard InChI is InChI=1S/C21H29NO3.C11H20O2/c23-20(14-8-7-11-17-9-3-1-4-10-17)22-19(16-25-21(22)24)15-18-12-5-2-6-13-18;12-11(13)9-5-4-8-10-6-2-1-3-7-10/h2,5-6,12-13,17,19H,1,3-4,7-11,14-16H2;10H,1-9H2,(H,12,13)/t19-;/m0./s1. The second-order valence-corrected chi connectivity index (χ2v) is 11.6. The Kier molecular flexibility index (Phi) is 13.7. The number of ether oxygens (including phenoxy) is 1. The third-order valence-electron chi connectivity index (χ3n) is 8.50. The largest absolute Gasteiger partial charge is 0.481 e. The number of amides is 2. The molecule has 1 aliphatic heterocycles. The zero-order valence-corrected chi connectivity index (χ0v) is 23.3.